The van der Waals surface area contributed by atoms with Crippen molar-refractivity contribution in [2.75, 3.05) is 77.0 Å². The van der Waals surface area contributed by atoms with Crippen LogP contribution in [-0.2, 0) is 35.2 Å². The van der Waals surface area contributed by atoms with Crippen LogP contribution in [-0.4, -0.2) is 277 Å². The highest BCUT2D eigenvalue weighted by molar-refractivity contribution is 8.15. The van der Waals surface area contributed by atoms with Gasteiger partial charge in [0.1, 0.15) is 46.3 Å². The molecule has 1 saturated carbocycles. The first-order valence-electron chi connectivity index (χ1n) is 32.9. The fourth-order valence-corrected chi connectivity index (χ4v) is 14.4. The number of piperazine rings is 1. The molecule has 538 valence electrons. The molecular formula is C64H90N12O20S2. The van der Waals surface area contributed by atoms with Crippen molar-refractivity contribution in [3.63, 3.8) is 0 Å². The van der Waals surface area contributed by atoms with Gasteiger partial charge in [0.05, 0.1) is 55.9 Å². The molecule has 0 radical (unpaired) electrons. The van der Waals surface area contributed by atoms with E-state index in [-0.39, 0.29) is 24.2 Å². The highest BCUT2D eigenvalue weighted by Gasteiger charge is 2.50. The smallest absolute Gasteiger partial charge is 0.266 e. The molecule has 13 atom stereocenters. The number of aliphatic hydroxyl groups is 8. The number of carbonyl (C=O) groups excluding carboxylic acids is 7. The number of benzene rings is 3. The fraction of sp³-hybridized carbons (Fsp3) is 0.578. The van der Waals surface area contributed by atoms with Crippen LogP contribution in [0.2, 0.25) is 0 Å². The van der Waals surface area contributed by atoms with Crippen molar-refractivity contribution in [1.29, 1.82) is 0 Å². The summed E-state index contributed by atoms with van der Waals surface area (Å²) in [7, 11) is 0. The van der Waals surface area contributed by atoms with E-state index in [0.29, 0.717) is 15.6 Å². The second-order valence-electron chi connectivity index (χ2n) is 26.0. The highest BCUT2D eigenvalue weighted by atomic mass is 32.3. The second-order valence-corrected chi connectivity index (χ2v) is 28.1. The summed E-state index contributed by atoms with van der Waals surface area (Å²) in [4.78, 5) is 109. The molecule has 4 aliphatic heterocycles. The average Bonchev–Trinajstić information content (AvgIpc) is 1.36. The summed E-state index contributed by atoms with van der Waals surface area (Å²) in [5.41, 5.74) is 2.54. The van der Waals surface area contributed by atoms with Crippen molar-refractivity contribution in [3.8, 4) is 32.6 Å². The maximum absolute atomic E-state index is 15.0. The van der Waals surface area contributed by atoms with Gasteiger partial charge in [0.15, 0.2) is 11.5 Å². The van der Waals surface area contributed by atoms with Crippen LogP contribution in [0.4, 0.5) is 5.69 Å². The predicted molar refractivity (Wildman–Crippen MR) is 356 cm³/mol. The lowest BCUT2D eigenvalue weighted by Gasteiger charge is -2.38. The molecule has 0 bridgehead atoms. The molecule has 32 nitrogen and oxygen atoms in total. The number of hydrogen-bond acceptors (Lipinski definition) is 26. The molecule has 9 rings (SSSR count). The lowest BCUT2D eigenvalue weighted by atomic mass is 9.89. The van der Waals surface area contributed by atoms with Gasteiger partial charge in [-0.2, -0.15) is 0 Å². The van der Waals surface area contributed by atoms with Crippen molar-refractivity contribution in [3.05, 3.63) is 77.9 Å². The molecule has 5 aliphatic rings. The Morgan fingerprint density at radius 1 is 0.724 bits per heavy atom. The predicted octanol–water partition coefficient (Wildman–Crippen LogP) is -1.92. The van der Waals surface area contributed by atoms with E-state index >= 15 is 0 Å². The minimum absolute atomic E-state index is 0.0125. The van der Waals surface area contributed by atoms with Crippen molar-refractivity contribution >= 4 is 69.5 Å². The van der Waals surface area contributed by atoms with Crippen molar-refractivity contribution in [2.45, 2.75) is 151 Å². The van der Waals surface area contributed by atoms with E-state index in [1.807, 2.05) is 12.1 Å². The molecule has 5 heterocycles. The van der Waals surface area contributed by atoms with Gasteiger partial charge in [-0.3, -0.25) is 52.1 Å². The van der Waals surface area contributed by atoms with Crippen LogP contribution in [0.15, 0.2) is 66.7 Å². The molecule has 1 aliphatic carbocycles. The van der Waals surface area contributed by atoms with Crippen LogP contribution in [0.3, 0.4) is 0 Å². The number of carbonyl (C=O) groups is 7. The number of aromatic nitrogens is 2. The number of phenolic OH excluding ortho intramolecular Hbond substituents is 1. The third-order valence-corrected chi connectivity index (χ3v) is 20.1. The zero-order chi connectivity index (χ0) is 70.7. The number of hydrogen-bond donors (Lipinski definition) is 18. The average molecular weight is 1410 g/mol. The lowest BCUT2D eigenvalue weighted by Crippen LogP contribution is -2.64. The van der Waals surface area contributed by atoms with Crippen LogP contribution in [0.25, 0.3) is 21.1 Å². The summed E-state index contributed by atoms with van der Waals surface area (Å²) in [6.07, 6.45) is -6.40. The monoisotopic (exact) mass is 1410 g/mol. The molecule has 0 unspecified atom stereocenters. The van der Waals surface area contributed by atoms with Gasteiger partial charge in [0.25, 0.3) is 17.1 Å². The molecule has 5 fully saturated rings. The third kappa shape index (κ3) is 19.2. The van der Waals surface area contributed by atoms with Gasteiger partial charge in [0.2, 0.25) is 35.4 Å². The van der Waals surface area contributed by atoms with E-state index in [4.69, 9.17) is 0 Å². The Bertz CT molecular complexity index is 3390. The number of fused-ring (bicyclic) bond motifs is 2. The van der Waals surface area contributed by atoms with E-state index < -0.39 is 201 Å². The number of aliphatic hydroxyl groups excluding tert-OH is 8. The van der Waals surface area contributed by atoms with E-state index in [2.05, 4.69) is 68.2 Å². The summed E-state index contributed by atoms with van der Waals surface area (Å²) >= 11 is -3.41. The van der Waals surface area contributed by atoms with Gasteiger partial charge >= 0.3 is 0 Å². The van der Waals surface area contributed by atoms with E-state index in [0.717, 1.165) is 72.2 Å². The number of rotatable bonds is 20. The first-order valence-corrected chi connectivity index (χ1v) is 35.1. The number of amides is 7. The molecule has 4 saturated heterocycles. The summed E-state index contributed by atoms with van der Waals surface area (Å²) in [5, 5.41) is 124. The molecule has 18 N–H and O–H groups in total. The highest BCUT2D eigenvalue weighted by Crippen LogP contribution is 2.41. The molecule has 7 amide bonds. The Morgan fingerprint density at radius 3 is 1.98 bits per heavy atom. The molecule has 0 spiro atoms. The number of aromatic hydroxyl groups is 1. The SMILES string of the molecule is C[C@@H](O)[C@@H]1NC(=O)[C@@H](NC(=O)c2ccc(-c3nnc(-c4ccc(N5CCN(CC6CCCCC6)CC5)cc4)s3)cc2)C[C@@H](O)CNC(=O)[C@@H]2[C@@H](O)[C@@H](C)CN2C(=O)[C@H]([C@H](O)CCNC(CO)CO)NC(=O)[C@H]([C@H](O)Cc2ccc(O)c(OS(O)(O)O)c2)NC(=O)[C@@H]2C[C@@H](O)CN2C1=O. The number of β-amino-alcohol motifs (C(OH)–C–C–N with tert-alkyl or cyclic N) is 1. The first-order chi connectivity index (χ1) is 46.7. The number of phenols is 1. The van der Waals surface area contributed by atoms with Crippen LogP contribution >= 0.6 is 22.5 Å². The van der Waals surface area contributed by atoms with Crippen LogP contribution < -0.4 is 41.0 Å². The molecule has 34 heteroatoms. The minimum Gasteiger partial charge on any atom is -0.504 e. The first kappa shape index (κ1) is 75.0. The van der Waals surface area contributed by atoms with Crippen LogP contribution in [0.1, 0.15) is 81.1 Å². The zero-order valence-corrected chi connectivity index (χ0v) is 55.9. The standard InChI is InChI=1S/C64H90N12O20S2/c1-34-29-76-54(55(34)85)60(90)66-28-43(80)26-45(67-56(86)38-9-11-39(12-10-38)61-71-72-62(97-61)40-13-15-42(16-14-40)74-22-20-73(21-23-74)30-36-6-4-3-5-7-36)57(87)68-51(35(2)79)63(91)75-31-44(81)27-46(75)58(88)69-52(49(84)24-37-8-17-47(82)50(25-37)96-98(93,94)95)59(89)70-53(64(76)92)48(83)18-19-65-41(32-77)33-78/h8-17,25,34-36,41,43-46,48-49,51-55,65,77-85,93-95H,3-7,18-24,26-33H2,1-2H3,(H,66,90)(H,67,86)(H,68,87)(H,69,88)(H,70,89)/t34-,35+,43+,44+,45-,46-,48+,49+,51-,52-,53-,54-,55-/m0/s1. The summed E-state index contributed by atoms with van der Waals surface area (Å²) in [5.74, 6) is -9.66. The summed E-state index contributed by atoms with van der Waals surface area (Å²) in [6, 6.07) is 4.84. The van der Waals surface area contributed by atoms with E-state index in [9.17, 15) is 93.2 Å². The molecule has 3 aromatic carbocycles. The Balaban J connectivity index is 0.966. The number of anilines is 1. The van der Waals surface area contributed by atoms with Gasteiger partial charge in [-0.05, 0) is 92.7 Å². The van der Waals surface area contributed by atoms with Crippen LogP contribution in [0.5, 0.6) is 11.5 Å². The third-order valence-electron chi connectivity index (χ3n) is 18.6. The Hall–Kier alpha value is -7.26. The fourth-order valence-electron chi connectivity index (χ4n) is 13.1. The normalized spacial score (nSPS) is 26.7. The lowest BCUT2D eigenvalue weighted by molar-refractivity contribution is -0.147. The second kappa shape index (κ2) is 33.7. The van der Waals surface area contributed by atoms with Gasteiger partial charge in [0, 0.05) is 99.9 Å². The Morgan fingerprint density at radius 2 is 1.35 bits per heavy atom. The summed E-state index contributed by atoms with van der Waals surface area (Å²) < 4.78 is 33.4. The minimum atomic E-state index is -4.74. The molecule has 98 heavy (non-hydrogen) atoms. The Kier molecular flexibility index (Phi) is 25.8. The van der Waals surface area contributed by atoms with Crippen LogP contribution in [0, 0.1) is 11.8 Å². The maximum atomic E-state index is 15.0. The molecule has 4 aromatic rings. The van der Waals surface area contributed by atoms with Crippen molar-refractivity contribution < 1.29 is 97.4 Å². The quantitative estimate of drug-likeness (QED) is 0.0459. The van der Waals surface area contributed by atoms with Gasteiger partial charge < -0.3 is 96.7 Å². The molecule has 1 aromatic heterocycles. The van der Waals surface area contributed by atoms with Gasteiger partial charge in [-0.25, -0.2) is 0 Å². The summed E-state index contributed by atoms with van der Waals surface area (Å²) in [6.45, 7) is 4.64. The zero-order valence-electron chi connectivity index (χ0n) is 54.3. The number of nitrogens with zero attached hydrogens (tertiary/aromatic N) is 6. The topological polar surface area (TPSA) is 482 Å². The molecular weight excluding hydrogens is 1320 g/mol. The number of nitrogens with one attached hydrogen (secondary N) is 6. The largest absolute Gasteiger partial charge is 0.504 e. The van der Waals surface area contributed by atoms with E-state index in [1.54, 1.807) is 12.1 Å². The maximum Gasteiger partial charge on any atom is 0.266 e. The Labute approximate surface area is 571 Å². The van der Waals surface area contributed by atoms with Gasteiger partial charge in [-0.1, -0.05) is 55.7 Å². The van der Waals surface area contributed by atoms with Gasteiger partial charge in [-0.15, -0.1) is 10.2 Å². The van der Waals surface area contributed by atoms with Crippen molar-refractivity contribution in [1.82, 2.24) is 56.8 Å². The van der Waals surface area contributed by atoms with Crippen molar-refractivity contribution in [2.24, 2.45) is 11.8 Å². The van der Waals surface area contributed by atoms with E-state index in [1.165, 1.54) is 75.1 Å².